The van der Waals surface area contributed by atoms with Gasteiger partial charge in [0.1, 0.15) is 17.6 Å². The molecular weight excluding hydrogens is 368 g/mol. The number of carbonyl (C=O) groups excluding carboxylic acids is 2. The zero-order valence-electron chi connectivity index (χ0n) is 15.5. The average Bonchev–Trinajstić information content (AvgIpc) is 2.77. The maximum Gasteiger partial charge on any atom is 0.349 e. The Labute approximate surface area is 168 Å². The van der Waals surface area contributed by atoms with Crippen LogP contribution in [-0.4, -0.2) is 18.5 Å². The lowest BCUT2D eigenvalue weighted by Crippen LogP contribution is -2.23. The summed E-state index contributed by atoms with van der Waals surface area (Å²) in [5.41, 5.74) is 1.69. The second-order valence-electron chi connectivity index (χ2n) is 6.07. The third-order valence-corrected chi connectivity index (χ3v) is 3.98. The summed E-state index contributed by atoms with van der Waals surface area (Å²) >= 11 is 0. The summed E-state index contributed by atoms with van der Waals surface area (Å²) in [5, 5.41) is 11.9. The highest BCUT2D eigenvalue weighted by atomic mass is 16.6. The first-order valence-electron chi connectivity index (χ1n) is 8.90. The van der Waals surface area contributed by atoms with E-state index in [-0.39, 0.29) is 18.3 Å². The molecule has 6 nitrogen and oxygen atoms in total. The van der Waals surface area contributed by atoms with E-state index in [2.05, 4.69) is 5.32 Å². The Morgan fingerprint density at radius 3 is 2.48 bits per heavy atom. The normalized spacial score (nSPS) is 9.90. The Morgan fingerprint density at radius 1 is 0.931 bits per heavy atom. The minimum absolute atomic E-state index is 0.236. The van der Waals surface area contributed by atoms with Crippen molar-refractivity contribution in [2.75, 3.05) is 6.61 Å². The van der Waals surface area contributed by atoms with Crippen LogP contribution in [0.5, 0.6) is 11.5 Å². The molecule has 0 atom stereocenters. The zero-order chi connectivity index (χ0) is 20.5. The Hall–Kier alpha value is -4.11. The van der Waals surface area contributed by atoms with Gasteiger partial charge in [0.05, 0.1) is 5.56 Å². The monoisotopic (exact) mass is 386 g/mol. The molecule has 3 aromatic rings. The number of nitrogens with zero attached hydrogens (tertiary/aromatic N) is 1. The van der Waals surface area contributed by atoms with Gasteiger partial charge in [0.25, 0.3) is 5.91 Å². The van der Waals surface area contributed by atoms with Crippen molar-refractivity contribution in [2.45, 2.75) is 6.54 Å². The van der Waals surface area contributed by atoms with Crippen molar-refractivity contribution >= 4 is 11.9 Å². The van der Waals surface area contributed by atoms with E-state index in [0.717, 1.165) is 5.56 Å². The quantitative estimate of drug-likeness (QED) is 0.496. The van der Waals surface area contributed by atoms with E-state index in [4.69, 9.17) is 14.7 Å². The fourth-order valence-corrected chi connectivity index (χ4v) is 2.56. The summed E-state index contributed by atoms with van der Waals surface area (Å²) in [6.07, 6.45) is 0. The predicted octanol–water partition coefficient (Wildman–Crippen LogP) is 3.47. The molecule has 0 saturated heterocycles. The number of para-hydroxylation sites is 1. The minimum Gasteiger partial charge on any atom is -0.481 e. The van der Waals surface area contributed by atoms with Crippen molar-refractivity contribution in [3.63, 3.8) is 0 Å². The number of ether oxygens (including phenoxy) is 2. The average molecular weight is 386 g/mol. The van der Waals surface area contributed by atoms with Gasteiger partial charge < -0.3 is 14.8 Å². The number of nitrogens with one attached hydrogen (secondary N) is 1. The van der Waals surface area contributed by atoms with Gasteiger partial charge in [-0.1, -0.05) is 48.5 Å². The van der Waals surface area contributed by atoms with Gasteiger partial charge in [0, 0.05) is 12.1 Å². The molecule has 29 heavy (non-hydrogen) atoms. The first kappa shape index (κ1) is 19.6. The Morgan fingerprint density at radius 2 is 1.69 bits per heavy atom. The number of carbonyl (C=O) groups is 2. The fourth-order valence-electron chi connectivity index (χ4n) is 2.56. The maximum absolute atomic E-state index is 12.3. The van der Waals surface area contributed by atoms with Crippen LogP contribution >= 0.6 is 0 Å². The van der Waals surface area contributed by atoms with E-state index in [9.17, 15) is 9.59 Å². The molecule has 0 fully saturated rings. The highest BCUT2D eigenvalue weighted by Crippen LogP contribution is 2.17. The van der Waals surface area contributed by atoms with Crippen molar-refractivity contribution in [3.05, 3.63) is 95.6 Å². The molecule has 0 aromatic heterocycles. The van der Waals surface area contributed by atoms with E-state index in [0.29, 0.717) is 23.4 Å². The third-order valence-electron chi connectivity index (χ3n) is 3.98. The van der Waals surface area contributed by atoms with Crippen molar-refractivity contribution in [3.8, 4) is 17.6 Å². The number of benzene rings is 3. The van der Waals surface area contributed by atoms with Crippen LogP contribution in [0.25, 0.3) is 0 Å². The van der Waals surface area contributed by atoms with Crippen LogP contribution in [0.3, 0.4) is 0 Å². The molecule has 0 spiro atoms. The molecule has 3 rings (SSSR count). The zero-order valence-corrected chi connectivity index (χ0v) is 15.5. The second kappa shape index (κ2) is 9.72. The van der Waals surface area contributed by atoms with E-state index in [1.54, 1.807) is 42.5 Å². The first-order valence-corrected chi connectivity index (χ1v) is 8.90. The first-order chi connectivity index (χ1) is 14.2. The molecule has 0 aliphatic rings. The molecule has 0 saturated carbocycles. The number of nitriles is 1. The number of hydrogen-bond donors (Lipinski definition) is 1. The second-order valence-corrected chi connectivity index (χ2v) is 6.07. The third kappa shape index (κ3) is 5.68. The van der Waals surface area contributed by atoms with Gasteiger partial charge >= 0.3 is 5.97 Å². The lowest BCUT2D eigenvalue weighted by Gasteiger charge is -2.09. The lowest BCUT2D eigenvalue weighted by molar-refractivity contribution is -0.136. The molecule has 0 bridgehead atoms. The number of amides is 1. The highest BCUT2D eigenvalue weighted by molar-refractivity contribution is 5.94. The molecule has 144 valence electrons. The number of rotatable bonds is 7. The van der Waals surface area contributed by atoms with Gasteiger partial charge in [0.2, 0.25) is 0 Å². The van der Waals surface area contributed by atoms with Crippen LogP contribution in [-0.2, 0) is 11.3 Å². The van der Waals surface area contributed by atoms with E-state index < -0.39 is 5.97 Å². The summed E-state index contributed by atoms with van der Waals surface area (Å²) in [5.74, 6) is -0.369. The molecule has 3 aromatic carbocycles. The van der Waals surface area contributed by atoms with Crippen molar-refractivity contribution in [1.29, 1.82) is 5.26 Å². The van der Waals surface area contributed by atoms with Gasteiger partial charge in [-0.2, -0.15) is 5.26 Å². The summed E-state index contributed by atoms with van der Waals surface area (Å²) in [6.45, 7) is 0.0406. The molecule has 6 heteroatoms. The molecule has 0 aliphatic heterocycles. The molecular formula is C23H18N2O4. The van der Waals surface area contributed by atoms with Gasteiger partial charge in [-0.05, 0) is 35.9 Å². The van der Waals surface area contributed by atoms with Gasteiger partial charge in [-0.3, -0.25) is 4.79 Å². The van der Waals surface area contributed by atoms with Crippen molar-refractivity contribution in [2.24, 2.45) is 0 Å². The van der Waals surface area contributed by atoms with Crippen molar-refractivity contribution < 1.29 is 19.1 Å². The van der Waals surface area contributed by atoms with E-state index >= 15 is 0 Å². The van der Waals surface area contributed by atoms with Crippen LogP contribution in [0.1, 0.15) is 21.5 Å². The van der Waals surface area contributed by atoms with Crippen molar-refractivity contribution in [1.82, 2.24) is 5.32 Å². The molecule has 1 amide bonds. The number of esters is 1. The van der Waals surface area contributed by atoms with Crippen LogP contribution in [0, 0.1) is 11.3 Å². The SMILES string of the molecule is N#Cc1ccccc1OCC(=O)Oc1cccc(C(=O)NCc2ccccc2)c1. The highest BCUT2D eigenvalue weighted by Gasteiger charge is 2.11. The minimum atomic E-state index is -0.639. The largest absolute Gasteiger partial charge is 0.481 e. The van der Waals surface area contributed by atoms with Gasteiger partial charge in [-0.25, -0.2) is 4.79 Å². The summed E-state index contributed by atoms with van der Waals surface area (Å²) < 4.78 is 10.6. The molecule has 0 unspecified atom stereocenters. The Bertz CT molecular complexity index is 1040. The summed E-state index contributed by atoms with van der Waals surface area (Å²) in [4.78, 5) is 24.4. The molecule has 0 heterocycles. The van der Waals surface area contributed by atoms with Gasteiger partial charge in [-0.15, -0.1) is 0 Å². The van der Waals surface area contributed by atoms with Crippen LogP contribution < -0.4 is 14.8 Å². The number of hydrogen-bond acceptors (Lipinski definition) is 5. The smallest absolute Gasteiger partial charge is 0.349 e. The van der Waals surface area contributed by atoms with Crippen LogP contribution in [0.2, 0.25) is 0 Å². The maximum atomic E-state index is 12.3. The molecule has 1 N–H and O–H groups in total. The Kier molecular flexibility index (Phi) is 6.58. The lowest BCUT2D eigenvalue weighted by atomic mass is 10.2. The van der Waals surface area contributed by atoms with Crippen LogP contribution in [0.15, 0.2) is 78.9 Å². The summed E-state index contributed by atoms with van der Waals surface area (Å²) in [7, 11) is 0. The fraction of sp³-hybridized carbons (Fsp3) is 0.0870. The summed E-state index contributed by atoms with van der Waals surface area (Å²) in [6, 6.07) is 24.5. The molecule has 0 radical (unpaired) electrons. The topological polar surface area (TPSA) is 88.4 Å². The standard InChI is InChI=1S/C23H18N2O4/c24-14-19-9-4-5-12-21(19)28-16-22(26)29-20-11-6-10-18(13-20)23(27)25-15-17-7-2-1-3-8-17/h1-13H,15-16H2,(H,25,27). The van der Waals surface area contributed by atoms with E-state index in [1.165, 1.54) is 6.07 Å². The van der Waals surface area contributed by atoms with E-state index in [1.807, 2.05) is 36.4 Å². The van der Waals surface area contributed by atoms with Gasteiger partial charge in [0.15, 0.2) is 6.61 Å². The van der Waals surface area contributed by atoms with Crippen LogP contribution in [0.4, 0.5) is 0 Å². The Balaban J connectivity index is 1.55. The molecule has 0 aliphatic carbocycles. The predicted molar refractivity (Wildman–Crippen MR) is 106 cm³/mol.